The van der Waals surface area contributed by atoms with E-state index in [9.17, 15) is 0 Å². The summed E-state index contributed by atoms with van der Waals surface area (Å²) >= 11 is 0. The summed E-state index contributed by atoms with van der Waals surface area (Å²) in [7, 11) is 0. The van der Waals surface area contributed by atoms with Crippen LogP contribution in [0.15, 0.2) is 36.9 Å². The molecule has 0 aliphatic heterocycles. The fraction of sp³-hybridized carbons (Fsp3) is 0.429. The second kappa shape index (κ2) is 4.00. The Balaban J connectivity index is 2.95. The van der Waals surface area contributed by atoms with Gasteiger partial charge in [0.15, 0.2) is 0 Å². The van der Waals surface area contributed by atoms with Crippen LogP contribution >= 0.6 is 0 Å². The molecular formula is C14H20. The first kappa shape index (κ1) is 11.0. The minimum absolute atomic E-state index is 0.246. The highest BCUT2D eigenvalue weighted by Crippen LogP contribution is 2.24. The van der Waals surface area contributed by atoms with E-state index in [1.54, 1.807) is 0 Å². The first-order valence-electron chi connectivity index (χ1n) is 5.18. The third-order valence-corrected chi connectivity index (χ3v) is 2.66. The fourth-order valence-electron chi connectivity index (χ4n) is 1.42. The zero-order valence-corrected chi connectivity index (χ0v) is 9.67. The second-order valence-corrected chi connectivity index (χ2v) is 4.90. The van der Waals surface area contributed by atoms with Gasteiger partial charge in [-0.2, -0.15) is 0 Å². The van der Waals surface area contributed by atoms with E-state index >= 15 is 0 Å². The van der Waals surface area contributed by atoms with Crippen LogP contribution < -0.4 is 0 Å². The molecule has 1 aromatic carbocycles. The molecule has 0 bridgehead atoms. The average molecular weight is 188 g/mol. The number of rotatable bonds is 2. The third-order valence-electron chi connectivity index (χ3n) is 2.66. The Kier molecular flexibility index (Phi) is 3.15. The number of benzene rings is 1. The SMILES string of the molecule is C=C[C@@H](C)c1ccc(C(C)(C)C)cc1. The maximum atomic E-state index is 3.81. The lowest BCUT2D eigenvalue weighted by Gasteiger charge is -2.19. The van der Waals surface area contributed by atoms with Crippen LogP contribution in [0.3, 0.4) is 0 Å². The minimum atomic E-state index is 0.246. The molecular weight excluding hydrogens is 168 g/mol. The summed E-state index contributed by atoms with van der Waals surface area (Å²) in [5.41, 5.74) is 2.97. The van der Waals surface area contributed by atoms with Gasteiger partial charge in [0.05, 0.1) is 0 Å². The molecule has 1 atom stereocenters. The Morgan fingerprint density at radius 3 is 2.00 bits per heavy atom. The van der Waals surface area contributed by atoms with Gasteiger partial charge in [0.2, 0.25) is 0 Å². The summed E-state index contributed by atoms with van der Waals surface area (Å²) in [6.07, 6.45) is 1.98. The van der Waals surface area contributed by atoms with E-state index in [2.05, 4.69) is 58.5 Å². The van der Waals surface area contributed by atoms with E-state index < -0.39 is 0 Å². The van der Waals surface area contributed by atoms with Crippen molar-refractivity contribution < 1.29 is 0 Å². The summed E-state index contributed by atoms with van der Waals surface area (Å²) in [6, 6.07) is 8.84. The molecule has 0 fully saturated rings. The van der Waals surface area contributed by atoms with Gasteiger partial charge in [0.25, 0.3) is 0 Å². The Labute approximate surface area is 87.7 Å². The van der Waals surface area contributed by atoms with Crippen LogP contribution in [-0.4, -0.2) is 0 Å². The quantitative estimate of drug-likeness (QED) is 0.608. The summed E-state index contributed by atoms with van der Waals surface area (Å²) in [6.45, 7) is 12.7. The Morgan fingerprint density at radius 1 is 1.14 bits per heavy atom. The first-order valence-corrected chi connectivity index (χ1v) is 5.18. The molecule has 1 rings (SSSR count). The molecule has 0 nitrogen and oxygen atoms in total. The first-order chi connectivity index (χ1) is 6.45. The summed E-state index contributed by atoms with van der Waals surface area (Å²) in [5, 5.41) is 0. The molecule has 0 radical (unpaired) electrons. The molecule has 0 saturated carbocycles. The standard InChI is InChI=1S/C14H20/c1-6-11(2)12-7-9-13(10-8-12)14(3,4)5/h6-11H,1H2,2-5H3/t11-/m1/s1. The van der Waals surface area contributed by atoms with Crippen LogP contribution in [0.4, 0.5) is 0 Å². The second-order valence-electron chi connectivity index (χ2n) is 4.90. The molecule has 0 spiro atoms. The van der Waals surface area contributed by atoms with Crippen molar-refractivity contribution in [3.05, 3.63) is 48.0 Å². The van der Waals surface area contributed by atoms with Crippen molar-refractivity contribution in [1.82, 2.24) is 0 Å². The van der Waals surface area contributed by atoms with Crippen LogP contribution in [-0.2, 0) is 5.41 Å². The lowest BCUT2D eigenvalue weighted by molar-refractivity contribution is 0.590. The molecule has 0 aliphatic carbocycles. The van der Waals surface area contributed by atoms with Gasteiger partial charge in [-0.05, 0) is 22.5 Å². The van der Waals surface area contributed by atoms with Gasteiger partial charge < -0.3 is 0 Å². The highest BCUT2D eigenvalue weighted by molar-refractivity contribution is 5.30. The van der Waals surface area contributed by atoms with Crippen molar-refractivity contribution in [2.45, 2.75) is 39.0 Å². The van der Waals surface area contributed by atoms with Gasteiger partial charge in [-0.25, -0.2) is 0 Å². The van der Waals surface area contributed by atoms with Crippen molar-refractivity contribution in [2.75, 3.05) is 0 Å². The van der Waals surface area contributed by atoms with Gasteiger partial charge in [0, 0.05) is 0 Å². The molecule has 0 unspecified atom stereocenters. The van der Waals surface area contributed by atoms with Crippen LogP contribution in [0.5, 0.6) is 0 Å². The molecule has 76 valence electrons. The van der Waals surface area contributed by atoms with E-state index in [0.29, 0.717) is 5.92 Å². The molecule has 14 heavy (non-hydrogen) atoms. The molecule has 0 aliphatic rings. The molecule has 0 saturated heterocycles. The zero-order valence-electron chi connectivity index (χ0n) is 9.67. The number of hydrogen-bond acceptors (Lipinski definition) is 0. The van der Waals surface area contributed by atoms with Crippen LogP contribution in [0.1, 0.15) is 44.7 Å². The molecule has 0 heterocycles. The largest absolute Gasteiger partial charge is 0.102 e. The Hall–Kier alpha value is -1.04. The van der Waals surface area contributed by atoms with Crippen molar-refractivity contribution >= 4 is 0 Å². The van der Waals surface area contributed by atoms with Gasteiger partial charge in [-0.1, -0.05) is 58.0 Å². The Bertz CT molecular complexity index is 298. The maximum absolute atomic E-state index is 3.81. The zero-order chi connectivity index (χ0) is 10.8. The molecule has 0 amide bonds. The van der Waals surface area contributed by atoms with Gasteiger partial charge in [-0.15, -0.1) is 6.58 Å². The smallest absolute Gasteiger partial charge is 0.00131 e. The lowest BCUT2D eigenvalue weighted by Crippen LogP contribution is -2.10. The van der Waals surface area contributed by atoms with E-state index in [1.807, 2.05) is 6.08 Å². The monoisotopic (exact) mass is 188 g/mol. The van der Waals surface area contributed by atoms with Crippen LogP contribution in [0.25, 0.3) is 0 Å². The highest BCUT2D eigenvalue weighted by Gasteiger charge is 2.13. The number of allylic oxidation sites excluding steroid dienone is 1. The molecule has 0 heteroatoms. The van der Waals surface area contributed by atoms with E-state index in [4.69, 9.17) is 0 Å². The summed E-state index contributed by atoms with van der Waals surface area (Å²) in [4.78, 5) is 0. The van der Waals surface area contributed by atoms with Crippen LogP contribution in [0.2, 0.25) is 0 Å². The average Bonchev–Trinajstić information content (AvgIpc) is 2.15. The third kappa shape index (κ3) is 2.47. The van der Waals surface area contributed by atoms with Crippen molar-refractivity contribution in [1.29, 1.82) is 0 Å². The van der Waals surface area contributed by atoms with Crippen molar-refractivity contribution in [2.24, 2.45) is 0 Å². The molecule has 0 aromatic heterocycles. The minimum Gasteiger partial charge on any atom is -0.102 e. The summed E-state index contributed by atoms with van der Waals surface area (Å²) in [5.74, 6) is 0.448. The highest BCUT2D eigenvalue weighted by atomic mass is 14.2. The van der Waals surface area contributed by atoms with Crippen molar-refractivity contribution in [3.8, 4) is 0 Å². The Morgan fingerprint density at radius 2 is 1.64 bits per heavy atom. The lowest BCUT2D eigenvalue weighted by atomic mass is 9.86. The predicted molar refractivity (Wildman–Crippen MR) is 63.8 cm³/mol. The van der Waals surface area contributed by atoms with Gasteiger partial charge in [0.1, 0.15) is 0 Å². The van der Waals surface area contributed by atoms with E-state index in [0.717, 1.165) is 0 Å². The fourth-order valence-corrected chi connectivity index (χ4v) is 1.42. The van der Waals surface area contributed by atoms with Crippen molar-refractivity contribution in [3.63, 3.8) is 0 Å². The van der Waals surface area contributed by atoms with Gasteiger partial charge in [-0.3, -0.25) is 0 Å². The topological polar surface area (TPSA) is 0 Å². The van der Waals surface area contributed by atoms with E-state index in [1.165, 1.54) is 11.1 Å². The van der Waals surface area contributed by atoms with Crippen LogP contribution in [0, 0.1) is 0 Å². The molecule has 0 N–H and O–H groups in total. The van der Waals surface area contributed by atoms with E-state index in [-0.39, 0.29) is 5.41 Å². The predicted octanol–water partition coefficient (Wildman–Crippen LogP) is 4.27. The normalized spacial score (nSPS) is 13.7. The number of hydrogen-bond donors (Lipinski definition) is 0. The van der Waals surface area contributed by atoms with Gasteiger partial charge >= 0.3 is 0 Å². The molecule has 1 aromatic rings. The summed E-state index contributed by atoms with van der Waals surface area (Å²) < 4.78 is 0. The maximum Gasteiger partial charge on any atom is -0.00131 e.